The predicted molar refractivity (Wildman–Crippen MR) is 175 cm³/mol. The molecule has 11 nitrogen and oxygen atoms in total. The minimum absolute atomic E-state index is 0.225. The lowest BCUT2D eigenvalue weighted by Crippen LogP contribution is -2.43. The highest BCUT2D eigenvalue weighted by atomic mass is 16.4. The van der Waals surface area contributed by atoms with E-state index < -0.39 is 6.09 Å². The highest BCUT2D eigenvalue weighted by Crippen LogP contribution is 2.37. The van der Waals surface area contributed by atoms with E-state index in [0.29, 0.717) is 29.9 Å². The highest BCUT2D eigenvalue weighted by molar-refractivity contribution is 5.99. The summed E-state index contributed by atoms with van der Waals surface area (Å²) >= 11 is 0. The summed E-state index contributed by atoms with van der Waals surface area (Å²) < 4.78 is 1.85. The summed E-state index contributed by atoms with van der Waals surface area (Å²) in [6, 6.07) is 18.3. The van der Waals surface area contributed by atoms with E-state index in [1.165, 1.54) is 4.90 Å². The fourth-order valence-corrected chi connectivity index (χ4v) is 5.22. The van der Waals surface area contributed by atoms with Gasteiger partial charge >= 0.3 is 12.1 Å². The van der Waals surface area contributed by atoms with Gasteiger partial charge in [-0.25, -0.2) is 14.6 Å². The second-order valence-corrected chi connectivity index (χ2v) is 12.3. The van der Waals surface area contributed by atoms with E-state index in [0.717, 1.165) is 45.3 Å². The average molecular weight is 608 g/mol. The highest BCUT2D eigenvalue weighted by Gasteiger charge is 2.26. The first kappa shape index (κ1) is 31.0. The first-order valence-corrected chi connectivity index (χ1v) is 14.6. The summed E-state index contributed by atoms with van der Waals surface area (Å²) in [5, 5.41) is 20.8. The number of rotatable bonds is 9. The molecule has 0 bridgehead atoms. The summed E-state index contributed by atoms with van der Waals surface area (Å²) in [7, 11) is 3.36. The van der Waals surface area contributed by atoms with Crippen molar-refractivity contribution in [1.29, 1.82) is 0 Å². The number of benzene rings is 2. The molecule has 2 aromatic carbocycles. The molecule has 0 aliphatic heterocycles. The summed E-state index contributed by atoms with van der Waals surface area (Å²) in [4.78, 5) is 44.5. The molecule has 232 valence electrons. The standard InChI is InChI=1S/C34H37N7O4/c1-34(2,3)29(38-33(44)45)14-16-41-19-27(30(39-41)22-9-11-24(12-10-22)36-32(43)40(4)5)25-13-15-35-31-26(25)18-28(37-31)23-8-6-7-21(17-23)20-42/h6-13,15,17-20,29,38H,14,16H2,1-5H3,(H,35,37)(H,36,43)(H,44,45). The zero-order valence-electron chi connectivity index (χ0n) is 26.0. The van der Waals surface area contributed by atoms with Crippen LogP contribution >= 0.6 is 0 Å². The van der Waals surface area contributed by atoms with Crippen molar-refractivity contribution in [1.82, 2.24) is 30.0 Å². The smallest absolute Gasteiger partial charge is 0.404 e. The number of aryl methyl sites for hydroxylation is 1. The van der Waals surface area contributed by atoms with Crippen LogP contribution in [0.4, 0.5) is 15.3 Å². The van der Waals surface area contributed by atoms with E-state index in [2.05, 4.69) is 20.6 Å². The average Bonchev–Trinajstić information content (AvgIpc) is 3.64. The van der Waals surface area contributed by atoms with Crippen molar-refractivity contribution < 1.29 is 19.5 Å². The number of nitrogens with zero attached hydrogens (tertiary/aromatic N) is 4. The zero-order chi connectivity index (χ0) is 32.3. The van der Waals surface area contributed by atoms with Crippen LogP contribution in [0.1, 0.15) is 37.6 Å². The van der Waals surface area contributed by atoms with Crippen LogP contribution in [-0.4, -0.2) is 68.3 Å². The summed E-state index contributed by atoms with van der Waals surface area (Å²) in [6.45, 7) is 6.50. The lowest BCUT2D eigenvalue weighted by Gasteiger charge is -2.30. The van der Waals surface area contributed by atoms with Crippen molar-refractivity contribution >= 4 is 35.1 Å². The van der Waals surface area contributed by atoms with Crippen LogP contribution in [0, 0.1) is 5.41 Å². The van der Waals surface area contributed by atoms with Gasteiger partial charge in [-0.2, -0.15) is 5.10 Å². The van der Waals surface area contributed by atoms with Gasteiger partial charge in [-0.05, 0) is 53.3 Å². The number of pyridine rings is 1. The molecule has 0 spiro atoms. The van der Waals surface area contributed by atoms with E-state index in [-0.39, 0.29) is 17.5 Å². The number of H-pyrrole nitrogens is 1. The second-order valence-electron chi connectivity index (χ2n) is 12.3. The predicted octanol–water partition coefficient (Wildman–Crippen LogP) is 6.74. The molecule has 0 aliphatic carbocycles. The first-order valence-electron chi connectivity index (χ1n) is 14.6. The second kappa shape index (κ2) is 12.7. The molecule has 4 N–H and O–H groups in total. The number of anilines is 1. The fraction of sp³-hybridized carbons (Fsp3) is 0.265. The van der Waals surface area contributed by atoms with Crippen LogP contribution < -0.4 is 10.6 Å². The molecule has 3 heterocycles. The lowest BCUT2D eigenvalue weighted by molar-refractivity contribution is 0.112. The minimum Gasteiger partial charge on any atom is -0.465 e. The van der Waals surface area contributed by atoms with E-state index in [1.807, 2.05) is 86.2 Å². The molecular formula is C34H37N7O4. The van der Waals surface area contributed by atoms with Gasteiger partial charge in [0.1, 0.15) is 17.6 Å². The number of aldehydes is 1. The number of carbonyl (C=O) groups is 3. The van der Waals surface area contributed by atoms with Gasteiger partial charge in [0.25, 0.3) is 0 Å². The maximum Gasteiger partial charge on any atom is 0.404 e. The van der Waals surface area contributed by atoms with Crippen molar-refractivity contribution in [3.05, 3.63) is 78.6 Å². The third-order valence-electron chi connectivity index (χ3n) is 7.72. The van der Waals surface area contributed by atoms with Crippen molar-refractivity contribution in [2.45, 2.75) is 39.8 Å². The normalized spacial score (nSPS) is 12.1. The number of carbonyl (C=O) groups excluding carboxylic acids is 2. The zero-order valence-corrected chi connectivity index (χ0v) is 26.0. The Morgan fingerprint density at radius 2 is 1.80 bits per heavy atom. The summed E-state index contributed by atoms with van der Waals surface area (Å²) in [5.41, 5.74) is 6.71. The SMILES string of the molecule is CN(C)C(=O)Nc1ccc(-c2nn(CCC(NC(=O)O)C(C)(C)C)cc2-c2ccnc3[nH]c(-c4cccc(C=O)c4)cc23)cc1. The number of amides is 3. The topological polar surface area (TPSA) is 145 Å². The number of fused-ring (bicyclic) bond motifs is 1. The van der Waals surface area contributed by atoms with Gasteiger partial charge in [-0.1, -0.05) is 51.1 Å². The van der Waals surface area contributed by atoms with Crippen LogP contribution in [0.15, 0.2) is 73.1 Å². The van der Waals surface area contributed by atoms with Crippen LogP contribution in [0.5, 0.6) is 0 Å². The maximum absolute atomic E-state index is 12.2. The third kappa shape index (κ3) is 7.04. The van der Waals surface area contributed by atoms with Crippen molar-refractivity contribution in [2.75, 3.05) is 19.4 Å². The maximum atomic E-state index is 12.2. The third-order valence-corrected chi connectivity index (χ3v) is 7.72. The number of carboxylic acid groups (broad SMARTS) is 1. The fourth-order valence-electron chi connectivity index (χ4n) is 5.22. The van der Waals surface area contributed by atoms with Crippen LogP contribution in [-0.2, 0) is 6.54 Å². The van der Waals surface area contributed by atoms with Gasteiger partial charge < -0.3 is 25.6 Å². The Morgan fingerprint density at radius 1 is 1.04 bits per heavy atom. The molecular weight excluding hydrogens is 570 g/mol. The molecule has 0 saturated heterocycles. The monoisotopic (exact) mass is 607 g/mol. The largest absolute Gasteiger partial charge is 0.465 e. The van der Waals surface area contributed by atoms with Gasteiger partial charge in [-0.3, -0.25) is 9.48 Å². The van der Waals surface area contributed by atoms with Crippen molar-refractivity contribution in [3.8, 4) is 33.6 Å². The lowest BCUT2D eigenvalue weighted by atomic mass is 9.85. The Labute approximate surface area is 261 Å². The minimum atomic E-state index is -1.06. The molecule has 0 fully saturated rings. The molecule has 1 atom stereocenters. The molecule has 11 heteroatoms. The molecule has 3 amide bonds. The van der Waals surface area contributed by atoms with Crippen LogP contribution in [0.3, 0.4) is 0 Å². The van der Waals surface area contributed by atoms with Gasteiger partial charge in [0, 0.05) is 72.5 Å². The number of urea groups is 1. The quantitative estimate of drug-likeness (QED) is 0.137. The molecule has 0 radical (unpaired) electrons. The van der Waals surface area contributed by atoms with E-state index in [4.69, 9.17) is 5.10 Å². The van der Waals surface area contributed by atoms with Gasteiger partial charge in [0.2, 0.25) is 0 Å². The Bertz CT molecular complexity index is 1850. The van der Waals surface area contributed by atoms with Crippen LogP contribution in [0.2, 0.25) is 0 Å². The van der Waals surface area contributed by atoms with Gasteiger partial charge in [0.15, 0.2) is 0 Å². The Balaban J connectivity index is 1.57. The van der Waals surface area contributed by atoms with E-state index in [9.17, 15) is 19.5 Å². The van der Waals surface area contributed by atoms with Gasteiger partial charge in [0.05, 0.1) is 0 Å². The van der Waals surface area contributed by atoms with E-state index >= 15 is 0 Å². The van der Waals surface area contributed by atoms with E-state index in [1.54, 1.807) is 26.4 Å². The van der Waals surface area contributed by atoms with Crippen molar-refractivity contribution in [3.63, 3.8) is 0 Å². The molecule has 5 aromatic rings. The van der Waals surface area contributed by atoms with Crippen molar-refractivity contribution in [2.24, 2.45) is 5.41 Å². The number of aromatic amines is 1. The van der Waals surface area contributed by atoms with Crippen LogP contribution in [0.25, 0.3) is 44.7 Å². The Hall–Kier alpha value is -5.45. The number of nitrogens with one attached hydrogen (secondary N) is 3. The molecule has 45 heavy (non-hydrogen) atoms. The summed E-state index contributed by atoms with van der Waals surface area (Å²) in [5.74, 6) is 0. The molecule has 1 unspecified atom stereocenters. The number of aromatic nitrogens is 4. The number of hydrogen-bond donors (Lipinski definition) is 4. The Kier molecular flexibility index (Phi) is 8.71. The molecule has 0 aliphatic rings. The van der Waals surface area contributed by atoms with Gasteiger partial charge in [-0.15, -0.1) is 0 Å². The Morgan fingerprint density at radius 3 is 2.47 bits per heavy atom. The molecule has 5 rings (SSSR count). The molecule has 0 saturated carbocycles. The number of hydrogen-bond acceptors (Lipinski definition) is 5. The molecule has 3 aromatic heterocycles. The summed E-state index contributed by atoms with van der Waals surface area (Å²) in [6.07, 6.45) is 4.03. The first-order chi connectivity index (χ1) is 21.4.